The van der Waals surface area contributed by atoms with Crippen LogP contribution in [0.4, 0.5) is 0 Å². The van der Waals surface area contributed by atoms with Gasteiger partial charge in [0, 0.05) is 5.92 Å². The van der Waals surface area contributed by atoms with E-state index < -0.39 is 5.82 Å². The number of Topliss-reactive ketones (excluding diaryl/α,β-unsaturated/α-hetero) is 1. The van der Waals surface area contributed by atoms with Crippen molar-refractivity contribution in [3.05, 3.63) is 0 Å². The summed E-state index contributed by atoms with van der Waals surface area (Å²) in [5.74, 6) is -0.486. The molecule has 3 heteroatoms. The molecule has 0 aliphatic heterocycles. The molecule has 1 aliphatic carbocycles. The van der Waals surface area contributed by atoms with Crippen molar-refractivity contribution in [3.63, 3.8) is 0 Å². The summed E-state index contributed by atoms with van der Waals surface area (Å²) in [6, 6.07) is 0. The Bertz CT molecular complexity index is 201. The van der Waals surface area contributed by atoms with Crippen LogP contribution in [0, 0.1) is 17.3 Å². The fourth-order valence-corrected chi connectivity index (χ4v) is 1.89. The van der Waals surface area contributed by atoms with Gasteiger partial charge in [-0.05, 0) is 17.2 Å². The van der Waals surface area contributed by atoms with Gasteiger partial charge in [0.05, 0.1) is 14.5 Å². The van der Waals surface area contributed by atoms with Crippen LogP contribution in [-0.2, 0) is 4.79 Å². The van der Waals surface area contributed by atoms with E-state index in [9.17, 15) is 4.79 Å². The Morgan fingerprint density at radius 1 is 1.58 bits per heavy atom. The number of hydrogen-bond acceptors (Lipinski definition) is 2. The Morgan fingerprint density at radius 3 is 2.25 bits per heavy atom. The Labute approximate surface area is 74.8 Å². The largest absolute Gasteiger partial charge is 0.396 e. The van der Waals surface area contributed by atoms with Gasteiger partial charge in [0.1, 0.15) is 5.78 Å². The Morgan fingerprint density at radius 2 is 2.08 bits per heavy atom. The third-order valence-corrected chi connectivity index (χ3v) is 3.45. The van der Waals surface area contributed by atoms with Crippen molar-refractivity contribution >= 4 is 13.6 Å². The molecule has 0 heterocycles. The minimum Gasteiger partial charge on any atom is -0.396 e. The highest BCUT2D eigenvalue weighted by Crippen LogP contribution is 2.49. The van der Waals surface area contributed by atoms with Gasteiger partial charge >= 0.3 is 0 Å². The van der Waals surface area contributed by atoms with E-state index >= 15 is 0 Å². The van der Waals surface area contributed by atoms with Crippen molar-refractivity contribution in [2.24, 2.45) is 17.3 Å². The van der Waals surface area contributed by atoms with Crippen LogP contribution >= 0.6 is 0 Å². The van der Waals surface area contributed by atoms with E-state index in [1.807, 2.05) is 20.8 Å². The molecule has 66 valence electrons. The minimum atomic E-state index is -0.412. The third kappa shape index (κ3) is 1.11. The molecule has 0 aromatic carbocycles. The molecule has 0 aromatic heterocycles. The second kappa shape index (κ2) is 2.88. The average molecular weight is 166 g/mol. The normalized spacial score (nSPS) is 40.3. The van der Waals surface area contributed by atoms with E-state index in [2.05, 4.69) is 0 Å². The molecule has 0 saturated heterocycles. The lowest BCUT2D eigenvalue weighted by Gasteiger charge is -2.28. The van der Waals surface area contributed by atoms with Crippen LogP contribution in [0.1, 0.15) is 20.8 Å². The summed E-state index contributed by atoms with van der Waals surface area (Å²) >= 11 is 0. The molecule has 3 atom stereocenters. The molecule has 0 unspecified atom stereocenters. The minimum absolute atomic E-state index is 0.00926. The first-order chi connectivity index (χ1) is 5.42. The van der Waals surface area contributed by atoms with E-state index in [0.717, 1.165) is 0 Å². The van der Waals surface area contributed by atoms with Crippen LogP contribution in [0.15, 0.2) is 0 Å². The fourth-order valence-electron chi connectivity index (χ4n) is 1.89. The molecule has 0 bridgehead atoms. The molecular formula is C9H15BO2. The Balaban J connectivity index is 2.94. The number of hydrogen-bond donors (Lipinski definition) is 1. The average Bonchev–Trinajstić information content (AvgIpc) is 2.15. The predicted octanol–water partition coefficient (Wildman–Crippen LogP) is 0.797. The zero-order chi connectivity index (χ0) is 9.52. The molecule has 1 fully saturated rings. The van der Waals surface area contributed by atoms with Crippen LogP contribution in [0.5, 0.6) is 0 Å². The first-order valence-electron chi connectivity index (χ1n) is 4.33. The van der Waals surface area contributed by atoms with Crippen molar-refractivity contribution < 1.29 is 9.90 Å². The third-order valence-electron chi connectivity index (χ3n) is 3.45. The summed E-state index contributed by atoms with van der Waals surface area (Å²) in [5.41, 5.74) is -0.176. The van der Waals surface area contributed by atoms with E-state index in [-0.39, 0.29) is 29.6 Å². The highest BCUT2D eigenvalue weighted by molar-refractivity contribution is 6.26. The van der Waals surface area contributed by atoms with Gasteiger partial charge in [-0.2, -0.15) is 0 Å². The summed E-state index contributed by atoms with van der Waals surface area (Å²) < 4.78 is 0. The molecule has 1 N–H and O–H groups in total. The van der Waals surface area contributed by atoms with Gasteiger partial charge in [-0.3, -0.25) is 4.79 Å². The Hall–Kier alpha value is -0.305. The predicted molar refractivity (Wildman–Crippen MR) is 48.0 cm³/mol. The van der Waals surface area contributed by atoms with Crippen molar-refractivity contribution in [3.8, 4) is 0 Å². The first kappa shape index (κ1) is 9.78. The fraction of sp³-hybridized carbons (Fsp3) is 0.889. The maximum Gasteiger partial charge on any atom is 0.133 e. The molecule has 1 rings (SSSR count). The second-order valence-electron chi connectivity index (χ2n) is 4.28. The van der Waals surface area contributed by atoms with Gasteiger partial charge in [-0.15, -0.1) is 0 Å². The summed E-state index contributed by atoms with van der Waals surface area (Å²) in [4.78, 5) is 11.5. The summed E-state index contributed by atoms with van der Waals surface area (Å²) in [6.07, 6.45) is 0. The van der Waals surface area contributed by atoms with Crippen molar-refractivity contribution in [1.29, 1.82) is 0 Å². The van der Waals surface area contributed by atoms with Gasteiger partial charge in [-0.25, -0.2) is 0 Å². The number of aliphatic hydroxyl groups excluding tert-OH is 1. The van der Waals surface area contributed by atoms with Gasteiger partial charge in [0.15, 0.2) is 0 Å². The van der Waals surface area contributed by atoms with Gasteiger partial charge in [0.25, 0.3) is 0 Å². The molecule has 2 nitrogen and oxygen atoms in total. The van der Waals surface area contributed by atoms with Crippen molar-refractivity contribution in [1.82, 2.24) is 0 Å². The van der Waals surface area contributed by atoms with Crippen LogP contribution in [0.3, 0.4) is 0 Å². The second-order valence-corrected chi connectivity index (χ2v) is 4.28. The zero-order valence-corrected chi connectivity index (χ0v) is 7.87. The van der Waals surface area contributed by atoms with Crippen LogP contribution in [0.25, 0.3) is 0 Å². The number of carbonyl (C=O) groups excluding carboxylic acids is 1. The standard InChI is InChI=1S/C9H15BO2/c1-5-6(4-11)7(12)8(10)9(5,2)3/h5-6,8,11H,4H2,1-3H3/t5-,6-,8-/m1/s1. The van der Waals surface area contributed by atoms with E-state index in [1.165, 1.54) is 0 Å². The lowest BCUT2D eigenvalue weighted by atomic mass is 9.66. The number of rotatable bonds is 1. The molecule has 0 aromatic rings. The lowest BCUT2D eigenvalue weighted by molar-refractivity contribution is -0.122. The van der Waals surface area contributed by atoms with E-state index in [4.69, 9.17) is 13.0 Å². The molecule has 2 radical (unpaired) electrons. The van der Waals surface area contributed by atoms with E-state index in [1.54, 1.807) is 0 Å². The summed E-state index contributed by atoms with van der Waals surface area (Å²) in [5, 5.41) is 8.98. The zero-order valence-electron chi connectivity index (χ0n) is 7.87. The summed E-state index contributed by atoms with van der Waals surface area (Å²) in [6.45, 7) is 5.87. The molecule has 1 aliphatic rings. The lowest BCUT2D eigenvalue weighted by Crippen LogP contribution is -2.23. The molecular weight excluding hydrogens is 151 g/mol. The monoisotopic (exact) mass is 166 g/mol. The van der Waals surface area contributed by atoms with E-state index in [0.29, 0.717) is 0 Å². The first-order valence-corrected chi connectivity index (χ1v) is 4.33. The number of carbonyl (C=O) groups is 1. The maximum atomic E-state index is 11.5. The highest BCUT2D eigenvalue weighted by atomic mass is 16.3. The smallest absolute Gasteiger partial charge is 0.133 e. The maximum absolute atomic E-state index is 11.5. The molecule has 1 saturated carbocycles. The molecule has 0 spiro atoms. The topological polar surface area (TPSA) is 37.3 Å². The van der Waals surface area contributed by atoms with Gasteiger partial charge in [0.2, 0.25) is 0 Å². The molecule has 0 amide bonds. The van der Waals surface area contributed by atoms with Gasteiger partial charge < -0.3 is 5.11 Å². The van der Waals surface area contributed by atoms with Crippen molar-refractivity contribution in [2.75, 3.05) is 6.61 Å². The van der Waals surface area contributed by atoms with Crippen LogP contribution < -0.4 is 0 Å². The Kier molecular flexibility index (Phi) is 2.34. The quantitative estimate of drug-likeness (QED) is 0.585. The van der Waals surface area contributed by atoms with Gasteiger partial charge in [-0.1, -0.05) is 20.8 Å². The van der Waals surface area contributed by atoms with Crippen molar-refractivity contribution in [2.45, 2.75) is 26.6 Å². The number of ketones is 1. The van der Waals surface area contributed by atoms with Crippen LogP contribution in [-0.4, -0.2) is 25.3 Å². The molecule has 12 heavy (non-hydrogen) atoms. The SMILES string of the molecule is [B][C@@H]1C(=O)[C@H](CO)[C@@H](C)C1(C)C. The highest BCUT2D eigenvalue weighted by Gasteiger charge is 2.49. The summed E-state index contributed by atoms with van der Waals surface area (Å²) in [7, 11) is 5.75. The van der Waals surface area contributed by atoms with Crippen LogP contribution in [0.2, 0.25) is 5.82 Å². The number of aliphatic hydroxyl groups is 1.